The van der Waals surface area contributed by atoms with Crippen molar-refractivity contribution in [3.63, 3.8) is 0 Å². The fourth-order valence-corrected chi connectivity index (χ4v) is 2.18. The van der Waals surface area contributed by atoms with Gasteiger partial charge < -0.3 is 15.3 Å². The number of carboxylic acid groups (broad SMARTS) is 1. The topological polar surface area (TPSA) is 77.8 Å². The van der Waals surface area contributed by atoms with E-state index in [2.05, 4.69) is 0 Å². The van der Waals surface area contributed by atoms with Crippen LogP contribution >= 0.6 is 0 Å². The standard InChI is InChI=1S/C10H18O4/c1-9(2)5(6(9)8(12)13)7(11)10(3,4)14/h5-7,11,14H,1-4H3,(H,12,13). The Balaban J connectivity index is 2.79. The van der Waals surface area contributed by atoms with Crippen LogP contribution in [0, 0.1) is 17.3 Å². The third-order valence-electron chi connectivity index (χ3n) is 3.24. The van der Waals surface area contributed by atoms with Gasteiger partial charge in [0.15, 0.2) is 0 Å². The highest BCUT2D eigenvalue weighted by molar-refractivity contribution is 5.75. The van der Waals surface area contributed by atoms with E-state index in [-0.39, 0.29) is 5.92 Å². The predicted octanol–water partition coefficient (Wildman–Crippen LogP) is 0.475. The molecular formula is C10H18O4. The first-order chi connectivity index (χ1) is 6.10. The zero-order valence-corrected chi connectivity index (χ0v) is 8.98. The molecule has 0 saturated heterocycles. The number of aliphatic carboxylic acids is 1. The van der Waals surface area contributed by atoms with Gasteiger partial charge in [0, 0.05) is 5.92 Å². The molecule has 3 N–H and O–H groups in total. The number of carbonyl (C=O) groups is 1. The second-order valence-corrected chi connectivity index (χ2v) is 5.26. The molecule has 0 heterocycles. The van der Waals surface area contributed by atoms with Gasteiger partial charge in [-0.25, -0.2) is 0 Å². The van der Waals surface area contributed by atoms with Crippen LogP contribution in [0.15, 0.2) is 0 Å². The zero-order chi connectivity index (χ0) is 11.3. The minimum absolute atomic E-state index is 0.361. The number of rotatable bonds is 3. The smallest absolute Gasteiger partial charge is 0.307 e. The Bertz CT molecular complexity index is 251. The summed E-state index contributed by atoms with van der Waals surface area (Å²) in [6, 6.07) is 0. The van der Waals surface area contributed by atoms with Crippen molar-refractivity contribution in [1.82, 2.24) is 0 Å². The molecule has 0 aliphatic heterocycles. The summed E-state index contributed by atoms with van der Waals surface area (Å²) < 4.78 is 0. The van der Waals surface area contributed by atoms with Crippen LogP contribution < -0.4 is 0 Å². The molecule has 1 aliphatic rings. The molecule has 0 aromatic rings. The average molecular weight is 202 g/mol. The van der Waals surface area contributed by atoms with E-state index in [0.29, 0.717) is 0 Å². The van der Waals surface area contributed by atoms with E-state index in [1.807, 2.05) is 0 Å². The Morgan fingerprint density at radius 3 is 2.07 bits per heavy atom. The highest BCUT2D eigenvalue weighted by atomic mass is 16.4. The molecule has 0 aromatic carbocycles. The van der Waals surface area contributed by atoms with Gasteiger partial charge in [0.25, 0.3) is 0 Å². The van der Waals surface area contributed by atoms with E-state index >= 15 is 0 Å². The van der Waals surface area contributed by atoms with Crippen molar-refractivity contribution in [3.8, 4) is 0 Å². The summed E-state index contributed by atoms with van der Waals surface area (Å²) in [5, 5.41) is 28.2. The SMILES string of the molecule is CC(C)(O)C(O)C1C(C(=O)O)C1(C)C. The highest BCUT2D eigenvalue weighted by Crippen LogP contribution is 2.61. The molecule has 0 amide bonds. The second-order valence-electron chi connectivity index (χ2n) is 5.26. The van der Waals surface area contributed by atoms with Gasteiger partial charge in [-0.1, -0.05) is 13.8 Å². The molecule has 14 heavy (non-hydrogen) atoms. The summed E-state index contributed by atoms with van der Waals surface area (Å²) in [5.74, 6) is -1.81. The lowest BCUT2D eigenvalue weighted by Crippen LogP contribution is -2.39. The van der Waals surface area contributed by atoms with Crippen molar-refractivity contribution in [2.75, 3.05) is 0 Å². The van der Waals surface area contributed by atoms with Crippen LogP contribution in [0.3, 0.4) is 0 Å². The van der Waals surface area contributed by atoms with E-state index in [1.54, 1.807) is 13.8 Å². The fraction of sp³-hybridized carbons (Fsp3) is 0.900. The molecule has 1 fully saturated rings. The van der Waals surface area contributed by atoms with Crippen LogP contribution in [-0.2, 0) is 4.79 Å². The normalized spacial score (nSPS) is 32.4. The molecule has 82 valence electrons. The Hall–Kier alpha value is -0.610. The van der Waals surface area contributed by atoms with Crippen LogP contribution in [0.4, 0.5) is 0 Å². The first kappa shape index (κ1) is 11.5. The Labute approximate surface area is 83.6 Å². The van der Waals surface area contributed by atoms with Crippen LogP contribution in [0.25, 0.3) is 0 Å². The molecule has 0 aromatic heterocycles. The van der Waals surface area contributed by atoms with Crippen LogP contribution in [-0.4, -0.2) is 33.0 Å². The van der Waals surface area contributed by atoms with Crippen LogP contribution in [0.5, 0.6) is 0 Å². The molecule has 1 saturated carbocycles. The van der Waals surface area contributed by atoms with E-state index in [4.69, 9.17) is 5.11 Å². The molecule has 4 nitrogen and oxygen atoms in total. The summed E-state index contributed by atoms with van der Waals surface area (Å²) in [5.41, 5.74) is -1.67. The summed E-state index contributed by atoms with van der Waals surface area (Å²) >= 11 is 0. The van der Waals surface area contributed by atoms with Crippen molar-refractivity contribution >= 4 is 5.97 Å². The number of aliphatic hydroxyl groups is 2. The van der Waals surface area contributed by atoms with E-state index < -0.39 is 29.0 Å². The van der Waals surface area contributed by atoms with Gasteiger partial charge in [-0.2, -0.15) is 0 Å². The highest BCUT2D eigenvalue weighted by Gasteiger charge is 2.66. The Morgan fingerprint density at radius 2 is 1.86 bits per heavy atom. The van der Waals surface area contributed by atoms with Gasteiger partial charge >= 0.3 is 5.97 Å². The molecular weight excluding hydrogens is 184 g/mol. The number of hydrogen-bond acceptors (Lipinski definition) is 3. The van der Waals surface area contributed by atoms with Gasteiger partial charge in [0.05, 0.1) is 17.6 Å². The minimum Gasteiger partial charge on any atom is -0.481 e. The first-order valence-electron chi connectivity index (χ1n) is 4.73. The van der Waals surface area contributed by atoms with Crippen molar-refractivity contribution in [2.45, 2.75) is 39.4 Å². The van der Waals surface area contributed by atoms with Gasteiger partial charge in [-0.3, -0.25) is 4.79 Å². The maximum absolute atomic E-state index is 10.8. The van der Waals surface area contributed by atoms with E-state index in [9.17, 15) is 15.0 Å². The number of hydrogen-bond donors (Lipinski definition) is 3. The van der Waals surface area contributed by atoms with Crippen molar-refractivity contribution in [1.29, 1.82) is 0 Å². The lowest BCUT2D eigenvalue weighted by molar-refractivity contribution is -0.140. The second kappa shape index (κ2) is 2.94. The largest absolute Gasteiger partial charge is 0.481 e. The lowest BCUT2D eigenvalue weighted by Gasteiger charge is -2.25. The molecule has 3 atom stereocenters. The van der Waals surface area contributed by atoms with E-state index in [0.717, 1.165) is 0 Å². The maximum atomic E-state index is 10.8. The maximum Gasteiger partial charge on any atom is 0.307 e. The monoisotopic (exact) mass is 202 g/mol. The zero-order valence-electron chi connectivity index (χ0n) is 8.98. The fourth-order valence-electron chi connectivity index (χ4n) is 2.18. The molecule has 0 spiro atoms. The summed E-state index contributed by atoms with van der Waals surface area (Å²) in [6.07, 6.45) is -0.987. The number of carboxylic acids is 1. The minimum atomic E-state index is -1.24. The third kappa shape index (κ3) is 1.64. The predicted molar refractivity (Wildman–Crippen MR) is 50.7 cm³/mol. The Morgan fingerprint density at radius 1 is 1.43 bits per heavy atom. The van der Waals surface area contributed by atoms with Crippen LogP contribution in [0.2, 0.25) is 0 Å². The van der Waals surface area contributed by atoms with Crippen molar-refractivity contribution < 1.29 is 20.1 Å². The van der Waals surface area contributed by atoms with E-state index in [1.165, 1.54) is 13.8 Å². The molecule has 4 heteroatoms. The number of aliphatic hydroxyl groups excluding tert-OH is 1. The molecule has 1 rings (SSSR count). The van der Waals surface area contributed by atoms with Gasteiger partial charge in [-0.15, -0.1) is 0 Å². The third-order valence-corrected chi connectivity index (χ3v) is 3.24. The van der Waals surface area contributed by atoms with Crippen molar-refractivity contribution in [2.24, 2.45) is 17.3 Å². The van der Waals surface area contributed by atoms with Gasteiger partial charge in [0.1, 0.15) is 0 Å². The summed E-state index contributed by atoms with van der Waals surface area (Å²) in [6.45, 7) is 6.58. The molecule has 0 radical (unpaired) electrons. The summed E-state index contributed by atoms with van der Waals surface area (Å²) in [4.78, 5) is 10.8. The first-order valence-corrected chi connectivity index (χ1v) is 4.73. The van der Waals surface area contributed by atoms with Crippen LogP contribution in [0.1, 0.15) is 27.7 Å². The molecule has 0 bridgehead atoms. The lowest BCUT2D eigenvalue weighted by atomic mass is 9.93. The molecule has 3 unspecified atom stereocenters. The van der Waals surface area contributed by atoms with Crippen molar-refractivity contribution in [3.05, 3.63) is 0 Å². The summed E-state index contributed by atoms with van der Waals surface area (Å²) in [7, 11) is 0. The molecule has 1 aliphatic carbocycles. The quantitative estimate of drug-likeness (QED) is 0.622. The Kier molecular flexibility index (Phi) is 2.41. The van der Waals surface area contributed by atoms with Gasteiger partial charge in [-0.05, 0) is 19.3 Å². The average Bonchev–Trinajstić information content (AvgIpc) is 2.49. The van der Waals surface area contributed by atoms with Gasteiger partial charge in [0.2, 0.25) is 0 Å².